The van der Waals surface area contributed by atoms with Crippen LogP contribution >= 0.6 is 24.0 Å². The molecule has 3 rings (SSSR count). The quantitative estimate of drug-likeness (QED) is 0.334. The van der Waals surface area contributed by atoms with Gasteiger partial charge in [0.15, 0.2) is 5.96 Å². The monoisotopic (exact) mass is 534 g/mol. The summed E-state index contributed by atoms with van der Waals surface area (Å²) in [7, 11) is -1.44. The van der Waals surface area contributed by atoms with Gasteiger partial charge in [-0.05, 0) is 49.7 Å². The summed E-state index contributed by atoms with van der Waals surface area (Å²) in [4.78, 5) is 6.88. The molecular formula is C21H35IN4O2S. The standard InChI is InChI=1S/C21H34N4O2S.HI/c1-16(2)24-28(26,27)15-18-10-8-17(9-11-18)12-23-21(22-3)25-13-19-6-4-5-7-20(19)14-25;/h8-11,16,19-20,24H,4-7,12-15H2,1-3H3,(H,22,23);1H. The molecular weight excluding hydrogens is 499 g/mol. The van der Waals surface area contributed by atoms with Crippen LogP contribution in [0.4, 0.5) is 0 Å². The summed E-state index contributed by atoms with van der Waals surface area (Å²) in [5.74, 6) is 2.64. The summed E-state index contributed by atoms with van der Waals surface area (Å²) in [6, 6.07) is 7.68. The lowest BCUT2D eigenvalue weighted by molar-refractivity contribution is 0.299. The average molecular weight is 535 g/mol. The van der Waals surface area contributed by atoms with Crippen LogP contribution in [-0.4, -0.2) is 45.5 Å². The third-order valence-corrected chi connectivity index (χ3v) is 7.28. The fourth-order valence-electron chi connectivity index (χ4n) is 4.47. The molecule has 6 nitrogen and oxygen atoms in total. The molecule has 0 amide bonds. The minimum Gasteiger partial charge on any atom is -0.352 e. The Kier molecular flexibility index (Phi) is 9.21. The predicted molar refractivity (Wildman–Crippen MR) is 130 cm³/mol. The van der Waals surface area contributed by atoms with Crippen molar-refractivity contribution in [1.82, 2.24) is 14.9 Å². The molecule has 1 saturated heterocycles. The number of hydrogen-bond donors (Lipinski definition) is 2. The van der Waals surface area contributed by atoms with Crippen molar-refractivity contribution in [1.29, 1.82) is 0 Å². The molecule has 1 saturated carbocycles. The Morgan fingerprint density at radius 1 is 1.10 bits per heavy atom. The molecule has 164 valence electrons. The number of rotatable bonds is 6. The number of aliphatic imine (C=N–C) groups is 1. The molecule has 1 aromatic rings. The van der Waals surface area contributed by atoms with Crippen molar-refractivity contribution >= 4 is 40.0 Å². The largest absolute Gasteiger partial charge is 0.352 e. The molecule has 2 unspecified atom stereocenters. The molecule has 0 radical (unpaired) electrons. The maximum absolute atomic E-state index is 12.1. The van der Waals surface area contributed by atoms with E-state index in [0.29, 0.717) is 6.54 Å². The van der Waals surface area contributed by atoms with Gasteiger partial charge in [0, 0.05) is 32.7 Å². The SMILES string of the molecule is CN=C(NCc1ccc(CS(=O)(=O)NC(C)C)cc1)N1CC2CCCCC2C1.I. The molecule has 2 N–H and O–H groups in total. The van der Waals surface area contributed by atoms with Crippen molar-refractivity contribution in [3.63, 3.8) is 0 Å². The van der Waals surface area contributed by atoms with Crippen LogP contribution in [0.15, 0.2) is 29.3 Å². The minimum absolute atomic E-state index is 0. The van der Waals surface area contributed by atoms with Crippen LogP contribution in [0.5, 0.6) is 0 Å². The van der Waals surface area contributed by atoms with Crippen LogP contribution in [0.25, 0.3) is 0 Å². The van der Waals surface area contributed by atoms with Gasteiger partial charge in [-0.3, -0.25) is 4.99 Å². The molecule has 2 fully saturated rings. The molecule has 0 bridgehead atoms. The lowest BCUT2D eigenvalue weighted by Crippen LogP contribution is -2.39. The number of benzene rings is 1. The van der Waals surface area contributed by atoms with Gasteiger partial charge >= 0.3 is 0 Å². The second-order valence-corrected chi connectivity index (χ2v) is 10.2. The van der Waals surface area contributed by atoms with Crippen molar-refractivity contribution in [3.05, 3.63) is 35.4 Å². The van der Waals surface area contributed by atoms with Crippen molar-refractivity contribution < 1.29 is 8.42 Å². The zero-order valence-electron chi connectivity index (χ0n) is 17.7. The molecule has 29 heavy (non-hydrogen) atoms. The van der Waals surface area contributed by atoms with E-state index in [0.717, 1.165) is 42.0 Å². The van der Waals surface area contributed by atoms with Crippen molar-refractivity contribution in [3.8, 4) is 0 Å². The Balaban J connectivity index is 0.00000300. The molecule has 1 aliphatic carbocycles. The van der Waals surface area contributed by atoms with E-state index in [4.69, 9.17) is 0 Å². The van der Waals surface area contributed by atoms with Crippen molar-refractivity contribution in [2.75, 3.05) is 20.1 Å². The summed E-state index contributed by atoms with van der Waals surface area (Å²) < 4.78 is 26.7. The number of guanidine groups is 1. The fourth-order valence-corrected chi connectivity index (χ4v) is 5.90. The molecule has 0 spiro atoms. The second kappa shape index (κ2) is 10.9. The number of likely N-dealkylation sites (tertiary alicyclic amines) is 1. The maximum Gasteiger partial charge on any atom is 0.216 e. The molecule has 2 atom stereocenters. The Morgan fingerprint density at radius 2 is 1.66 bits per heavy atom. The zero-order chi connectivity index (χ0) is 20.1. The topological polar surface area (TPSA) is 73.8 Å². The van der Waals surface area contributed by atoms with Gasteiger partial charge in [0.05, 0.1) is 5.75 Å². The predicted octanol–water partition coefficient (Wildman–Crippen LogP) is 3.33. The van der Waals surface area contributed by atoms with Gasteiger partial charge in [0.25, 0.3) is 0 Å². The number of sulfonamides is 1. The van der Waals surface area contributed by atoms with Crippen LogP contribution in [0.2, 0.25) is 0 Å². The van der Waals surface area contributed by atoms with Gasteiger partial charge in [-0.25, -0.2) is 13.1 Å². The van der Waals surface area contributed by atoms with E-state index in [9.17, 15) is 8.42 Å². The van der Waals surface area contributed by atoms with Crippen LogP contribution < -0.4 is 10.0 Å². The van der Waals surface area contributed by atoms with E-state index in [1.54, 1.807) is 0 Å². The van der Waals surface area contributed by atoms with Crippen molar-refractivity contribution in [2.45, 2.75) is 57.9 Å². The summed E-state index contributed by atoms with van der Waals surface area (Å²) >= 11 is 0. The summed E-state index contributed by atoms with van der Waals surface area (Å²) in [5.41, 5.74) is 1.92. The second-order valence-electron chi connectivity index (χ2n) is 8.46. The first kappa shape index (κ1) is 24.4. The Hall–Kier alpha value is -0.870. The van der Waals surface area contributed by atoms with Gasteiger partial charge in [0.1, 0.15) is 0 Å². The number of nitrogens with zero attached hydrogens (tertiary/aromatic N) is 2. The van der Waals surface area contributed by atoms with Crippen LogP contribution in [-0.2, 0) is 22.3 Å². The van der Waals surface area contributed by atoms with E-state index in [1.807, 2.05) is 45.2 Å². The molecule has 2 aliphatic rings. The first-order chi connectivity index (χ1) is 13.4. The molecule has 1 aromatic carbocycles. The van der Waals surface area contributed by atoms with E-state index >= 15 is 0 Å². The normalized spacial score (nSPS) is 22.3. The van der Waals surface area contributed by atoms with Crippen LogP contribution in [0.3, 0.4) is 0 Å². The highest BCUT2D eigenvalue weighted by Crippen LogP contribution is 2.35. The summed E-state index contributed by atoms with van der Waals surface area (Å²) in [6.45, 7) is 6.58. The molecule has 0 aromatic heterocycles. The molecule has 1 heterocycles. The molecule has 8 heteroatoms. The number of nitrogens with one attached hydrogen (secondary N) is 2. The summed E-state index contributed by atoms with van der Waals surface area (Å²) in [6.07, 6.45) is 5.45. The Morgan fingerprint density at radius 3 is 2.17 bits per heavy atom. The minimum atomic E-state index is -3.29. The highest BCUT2D eigenvalue weighted by molar-refractivity contribution is 14.0. The third kappa shape index (κ3) is 7.10. The van der Waals surface area contributed by atoms with Crippen molar-refractivity contribution in [2.24, 2.45) is 16.8 Å². The van der Waals surface area contributed by atoms with Crippen LogP contribution in [0, 0.1) is 11.8 Å². The highest BCUT2D eigenvalue weighted by atomic mass is 127. The lowest BCUT2D eigenvalue weighted by Gasteiger charge is -2.22. The highest BCUT2D eigenvalue weighted by Gasteiger charge is 2.35. The summed E-state index contributed by atoms with van der Waals surface area (Å²) in [5, 5.41) is 3.48. The van der Waals surface area contributed by atoms with E-state index in [1.165, 1.54) is 25.7 Å². The van der Waals surface area contributed by atoms with E-state index in [-0.39, 0.29) is 35.8 Å². The van der Waals surface area contributed by atoms with E-state index < -0.39 is 10.0 Å². The first-order valence-corrected chi connectivity index (χ1v) is 12.0. The Bertz CT molecular complexity index is 766. The van der Waals surface area contributed by atoms with Gasteiger partial charge in [-0.15, -0.1) is 24.0 Å². The number of hydrogen-bond acceptors (Lipinski definition) is 3. The average Bonchev–Trinajstić information content (AvgIpc) is 3.06. The van der Waals surface area contributed by atoms with Crippen LogP contribution in [0.1, 0.15) is 50.7 Å². The maximum atomic E-state index is 12.1. The number of fused-ring (bicyclic) bond motifs is 1. The Labute approximate surface area is 193 Å². The van der Waals surface area contributed by atoms with Gasteiger partial charge in [-0.1, -0.05) is 37.1 Å². The fraction of sp³-hybridized carbons (Fsp3) is 0.667. The first-order valence-electron chi connectivity index (χ1n) is 10.4. The third-order valence-electron chi connectivity index (χ3n) is 5.73. The zero-order valence-corrected chi connectivity index (χ0v) is 20.9. The van der Waals surface area contributed by atoms with Gasteiger partial charge in [0.2, 0.25) is 10.0 Å². The smallest absolute Gasteiger partial charge is 0.216 e. The van der Waals surface area contributed by atoms with Gasteiger partial charge < -0.3 is 10.2 Å². The molecule has 1 aliphatic heterocycles. The van der Waals surface area contributed by atoms with Gasteiger partial charge in [-0.2, -0.15) is 0 Å². The lowest BCUT2D eigenvalue weighted by atomic mass is 9.82. The van der Waals surface area contributed by atoms with E-state index in [2.05, 4.69) is 19.9 Å². The number of halogens is 1.